The van der Waals surface area contributed by atoms with Crippen LogP contribution in [0.1, 0.15) is 23.2 Å². The Morgan fingerprint density at radius 2 is 2.00 bits per heavy atom. The van der Waals surface area contributed by atoms with Crippen LogP contribution in [-0.2, 0) is 4.79 Å². The molecule has 0 atom stereocenters. The number of carbonyl (C=O) groups excluding carboxylic acids is 2. The van der Waals surface area contributed by atoms with Crippen LogP contribution in [0.3, 0.4) is 0 Å². The molecule has 0 spiro atoms. The lowest BCUT2D eigenvalue weighted by Crippen LogP contribution is -2.38. The fourth-order valence-electron chi connectivity index (χ4n) is 2.01. The summed E-state index contributed by atoms with van der Waals surface area (Å²) in [6.07, 6.45) is 2.00. The molecule has 6 heteroatoms. The normalized spacial score (nSPS) is 14.5. The van der Waals surface area contributed by atoms with Crippen LogP contribution in [0, 0.1) is 5.82 Å². The van der Waals surface area contributed by atoms with Gasteiger partial charge in [0, 0.05) is 13.1 Å². The van der Waals surface area contributed by atoms with Crippen molar-refractivity contribution >= 4 is 27.7 Å². The number of nitrogens with zero attached hydrogens (tertiary/aromatic N) is 1. The first-order valence-electron chi connectivity index (χ1n) is 6.09. The van der Waals surface area contributed by atoms with Gasteiger partial charge in [-0.3, -0.25) is 9.59 Å². The molecule has 1 aromatic rings. The van der Waals surface area contributed by atoms with Crippen LogP contribution in [0.2, 0.25) is 0 Å². The standard InChI is InChI=1S/C13H14BrFN2O2/c14-10-5-3-4-9(12(10)15)13(19)16-8-11(18)17-6-1-2-7-17/h3-5H,1-2,6-8H2,(H,16,19). The summed E-state index contributed by atoms with van der Waals surface area (Å²) in [6, 6.07) is 4.47. The Bertz CT molecular complexity index is 501. The van der Waals surface area contributed by atoms with Crippen molar-refractivity contribution in [1.29, 1.82) is 0 Å². The second-order valence-electron chi connectivity index (χ2n) is 4.37. The third-order valence-electron chi connectivity index (χ3n) is 3.06. The quantitative estimate of drug-likeness (QED) is 0.921. The van der Waals surface area contributed by atoms with E-state index in [0.29, 0.717) is 0 Å². The van der Waals surface area contributed by atoms with Crippen LogP contribution < -0.4 is 5.32 Å². The highest BCUT2D eigenvalue weighted by atomic mass is 79.9. The molecule has 0 saturated carbocycles. The number of hydrogen-bond acceptors (Lipinski definition) is 2. The maximum atomic E-state index is 13.7. The highest BCUT2D eigenvalue weighted by molar-refractivity contribution is 9.10. The molecule has 2 amide bonds. The number of nitrogens with one attached hydrogen (secondary N) is 1. The smallest absolute Gasteiger partial charge is 0.254 e. The first kappa shape index (κ1) is 14.0. The first-order chi connectivity index (χ1) is 9.09. The molecular formula is C13H14BrFN2O2. The van der Waals surface area contributed by atoms with Gasteiger partial charge in [0.1, 0.15) is 5.82 Å². The summed E-state index contributed by atoms with van der Waals surface area (Å²) in [6.45, 7) is 1.38. The highest BCUT2D eigenvalue weighted by Gasteiger charge is 2.19. The summed E-state index contributed by atoms with van der Waals surface area (Å²) in [5.74, 6) is -1.32. The van der Waals surface area contributed by atoms with Crippen LogP contribution in [0.4, 0.5) is 4.39 Å². The van der Waals surface area contributed by atoms with E-state index in [1.807, 2.05) is 0 Å². The van der Waals surface area contributed by atoms with Crippen molar-refractivity contribution in [3.63, 3.8) is 0 Å². The molecule has 1 aliphatic rings. The van der Waals surface area contributed by atoms with Gasteiger partial charge in [-0.1, -0.05) is 6.07 Å². The van der Waals surface area contributed by atoms with Crippen molar-refractivity contribution in [3.05, 3.63) is 34.1 Å². The largest absolute Gasteiger partial charge is 0.343 e. The second kappa shape index (κ2) is 6.14. The Kier molecular flexibility index (Phi) is 4.52. The van der Waals surface area contributed by atoms with Crippen molar-refractivity contribution in [2.75, 3.05) is 19.6 Å². The summed E-state index contributed by atoms with van der Waals surface area (Å²) in [4.78, 5) is 25.2. The van der Waals surface area contributed by atoms with Gasteiger partial charge in [-0.05, 0) is 40.9 Å². The van der Waals surface area contributed by atoms with E-state index in [1.165, 1.54) is 12.1 Å². The van der Waals surface area contributed by atoms with Gasteiger partial charge in [0.05, 0.1) is 16.6 Å². The number of amides is 2. The van der Waals surface area contributed by atoms with E-state index in [-0.39, 0.29) is 22.5 Å². The molecule has 102 valence electrons. The molecule has 0 aromatic heterocycles. The predicted octanol–water partition coefficient (Wildman–Crippen LogP) is 1.94. The van der Waals surface area contributed by atoms with Crippen molar-refractivity contribution in [3.8, 4) is 0 Å². The predicted molar refractivity (Wildman–Crippen MR) is 72.2 cm³/mol. The van der Waals surface area contributed by atoms with Crippen LogP contribution in [0.15, 0.2) is 22.7 Å². The third kappa shape index (κ3) is 3.32. The minimum atomic E-state index is -0.617. The average Bonchev–Trinajstić information content (AvgIpc) is 2.93. The Balaban J connectivity index is 1.94. The van der Waals surface area contributed by atoms with Crippen LogP contribution >= 0.6 is 15.9 Å². The Labute approximate surface area is 119 Å². The van der Waals surface area contributed by atoms with Gasteiger partial charge in [0.15, 0.2) is 0 Å². The lowest BCUT2D eigenvalue weighted by Gasteiger charge is -2.15. The number of hydrogen-bond donors (Lipinski definition) is 1. The molecule has 1 fully saturated rings. The second-order valence-corrected chi connectivity index (χ2v) is 5.23. The highest BCUT2D eigenvalue weighted by Crippen LogP contribution is 2.18. The molecule has 4 nitrogen and oxygen atoms in total. The minimum Gasteiger partial charge on any atom is -0.343 e. The van der Waals surface area contributed by atoms with E-state index < -0.39 is 11.7 Å². The molecule has 0 aliphatic carbocycles. The topological polar surface area (TPSA) is 49.4 Å². The molecule has 1 N–H and O–H groups in total. The van der Waals surface area contributed by atoms with Gasteiger partial charge < -0.3 is 10.2 Å². The zero-order valence-electron chi connectivity index (χ0n) is 10.3. The van der Waals surface area contributed by atoms with Crippen molar-refractivity contribution in [2.24, 2.45) is 0 Å². The summed E-state index contributed by atoms with van der Waals surface area (Å²) in [5, 5.41) is 2.45. The Hall–Kier alpha value is -1.43. The lowest BCUT2D eigenvalue weighted by molar-refractivity contribution is -0.129. The van der Waals surface area contributed by atoms with Crippen LogP contribution in [0.25, 0.3) is 0 Å². The van der Waals surface area contributed by atoms with E-state index >= 15 is 0 Å². The van der Waals surface area contributed by atoms with Gasteiger partial charge in [-0.25, -0.2) is 4.39 Å². The van der Waals surface area contributed by atoms with Crippen molar-refractivity contribution in [1.82, 2.24) is 10.2 Å². The minimum absolute atomic E-state index is 0.0661. The fraction of sp³-hybridized carbons (Fsp3) is 0.385. The van der Waals surface area contributed by atoms with E-state index in [1.54, 1.807) is 11.0 Å². The van der Waals surface area contributed by atoms with Gasteiger partial charge in [-0.15, -0.1) is 0 Å². The zero-order valence-corrected chi connectivity index (χ0v) is 11.9. The molecule has 2 rings (SSSR count). The first-order valence-corrected chi connectivity index (χ1v) is 6.89. The number of rotatable bonds is 3. The summed E-state index contributed by atoms with van der Waals surface area (Å²) < 4.78 is 13.9. The van der Waals surface area contributed by atoms with E-state index in [9.17, 15) is 14.0 Å². The Morgan fingerprint density at radius 3 is 2.68 bits per heavy atom. The molecule has 19 heavy (non-hydrogen) atoms. The molecule has 1 heterocycles. The van der Waals surface area contributed by atoms with Crippen LogP contribution in [-0.4, -0.2) is 36.3 Å². The van der Waals surface area contributed by atoms with E-state index in [0.717, 1.165) is 25.9 Å². The van der Waals surface area contributed by atoms with Gasteiger partial charge >= 0.3 is 0 Å². The van der Waals surface area contributed by atoms with Crippen molar-refractivity contribution < 1.29 is 14.0 Å². The molecule has 1 aliphatic heterocycles. The zero-order chi connectivity index (χ0) is 13.8. The maximum absolute atomic E-state index is 13.7. The SMILES string of the molecule is O=C(NCC(=O)N1CCCC1)c1cccc(Br)c1F. The number of carbonyl (C=O) groups is 2. The van der Waals surface area contributed by atoms with Gasteiger partial charge in [0.25, 0.3) is 5.91 Å². The lowest BCUT2D eigenvalue weighted by atomic mass is 10.2. The summed E-state index contributed by atoms with van der Waals surface area (Å²) >= 11 is 3.02. The average molecular weight is 329 g/mol. The van der Waals surface area contributed by atoms with Crippen LogP contribution in [0.5, 0.6) is 0 Å². The van der Waals surface area contributed by atoms with Gasteiger partial charge in [-0.2, -0.15) is 0 Å². The van der Waals surface area contributed by atoms with Crippen molar-refractivity contribution in [2.45, 2.75) is 12.8 Å². The summed E-state index contributed by atoms with van der Waals surface area (Å²) in [5.41, 5.74) is -0.0661. The Morgan fingerprint density at radius 1 is 1.32 bits per heavy atom. The number of halogens is 2. The third-order valence-corrected chi connectivity index (χ3v) is 3.67. The molecule has 1 saturated heterocycles. The molecule has 0 bridgehead atoms. The van der Waals surface area contributed by atoms with E-state index in [2.05, 4.69) is 21.2 Å². The molecule has 0 radical (unpaired) electrons. The van der Waals surface area contributed by atoms with E-state index in [4.69, 9.17) is 0 Å². The van der Waals surface area contributed by atoms with Gasteiger partial charge in [0.2, 0.25) is 5.91 Å². The maximum Gasteiger partial charge on any atom is 0.254 e. The molecule has 1 aromatic carbocycles. The fourth-order valence-corrected chi connectivity index (χ4v) is 2.37. The molecular weight excluding hydrogens is 315 g/mol. The number of benzene rings is 1. The number of likely N-dealkylation sites (tertiary alicyclic amines) is 1. The molecule has 0 unspecified atom stereocenters. The monoisotopic (exact) mass is 328 g/mol. The summed E-state index contributed by atoms with van der Waals surface area (Å²) in [7, 11) is 0.